The Balaban J connectivity index is 1.64. The summed E-state index contributed by atoms with van der Waals surface area (Å²) in [4.78, 5) is 15.7. The molecule has 0 fully saturated rings. The van der Waals surface area contributed by atoms with Gasteiger partial charge in [-0.25, -0.2) is 0 Å². The zero-order valence-electron chi connectivity index (χ0n) is 12.4. The Hall–Kier alpha value is -1.99. The third-order valence-electron chi connectivity index (χ3n) is 3.77. The Morgan fingerprint density at radius 1 is 1.04 bits per heavy atom. The Labute approximate surface area is 154 Å². The number of halogens is 2. The van der Waals surface area contributed by atoms with Crippen molar-refractivity contribution >= 4 is 54.4 Å². The van der Waals surface area contributed by atoms with Gasteiger partial charge >= 0.3 is 0 Å². The highest BCUT2D eigenvalue weighted by Gasteiger charge is 2.16. The molecule has 0 bridgehead atoms. The molecule has 0 unspecified atom stereocenters. The molecule has 3 aromatic rings. The summed E-state index contributed by atoms with van der Waals surface area (Å²) in [7, 11) is 0. The average molecular weight is 452 g/mol. The number of fused-ring (bicyclic) bond motifs is 2. The topological polar surface area (TPSA) is 63.4 Å². The molecule has 0 aliphatic carbocycles. The summed E-state index contributed by atoms with van der Waals surface area (Å²) in [6.45, 7) is 1.05. The van der Waals surface area contributed by atoms with Crippen LogP contribution in [0.2, 0.25) is 0 Å². The SMILES string of the molecule is O=C(Nc1ccc2c(c1)OCCO2)c1c[nH]c2cc(Br)c(Br)cc12. The molecular formula is C17H12Br2N2O3. The number of aromatic amines is 1. The van der Waals surface area contributed by atoms with Crippen LogP contribution in [0.3, 0.4) is 0 Å². The number of hydrogen-bond donors (Lipinski definition) is 2. The Morgan fingerprint density at radius 2 is 1.79 bits per heavy atom. The van der Waals surface area contributed by atoms with Gasteiger partial charge in [-0.15, -0.1) is 0 Å². The van der Waals surface area contributed by atoms with E-state index in [2.05, 4.69) is 42.2 Å². The Bertz CT molecular complexity index is 952. The number of carbonyl (C=O) groups excluding carboxylic acids is 1. The van der Waals surface area contributed by atoms with Crippen LogP contribution in [0.15, 0.2) is 45.5 Å². The molecule has 2 N–H and O–H groups in total. The molecule has 1 aromatic heterocycles. The first-order valence-corrected chi connectivity index (χ1v) is 8.87. The quantitative estimate of drug-likeness (QED) is 0.592. The second kappa shape index (κ2) is 6.14. The minimum absolute atomic E-state index is 0.188. The van der Waals surface area contributed by atoms with E-state index in [0.717, 1.165) is 19.8 Å². The summed E-state index contributed by atoms with van der Waals surface area (Å²) in [5.41, 5.74) is 2.13. The van der Waals surface area contributed by atoms with Crippen LogP contribution in [0, 0.1) is 0 Å². The van der Waals surface area contributed by atoms with Crippen molar-refractivity contribution in [2.24, 2.45) is 0 Å². The first kappa shape index (κ1) is 15.5. The molecular weight excluding hydrogens is 440 g/mol. The highest BCUT2D eigenvalue weighted by Crippen LogP contribution is 2.33. The molecule has 0 spiro atoms. The third-order valence-corrected chi connectivity index (χ3v) is 5.61. The second-order valence-electron chi connectivity index (χ2n) is 5.33. The van der Waals surface area contributed by atoms with Crippen molar-refractivity contribution in [3.05, 3.63) is 51.0 Å². The smallest absolute Gasteiger partial charge is 0.257 e. The predicted molar refractivity (Wildman–Crippen MR) is 99.1 cm³/mol. The number of amides is 1. The lowest BCUT2D eigenvalue weighted by molar-refractivity contribution is 0.102. The van der Waals surface area contributed by atoms with E-state index in [9.17, 15) is 4.79 Å². The molecule has 0 atom stereocenters. The number of anilines is 1. The molecule has 1 aliphatic rings. The van der Waals surface area contributed by atoms with Crippen molar-refractivity contribution < 1.29 is 14.3 Å². The Morgan fingerprint density at radius 3 is 2.62 bits per heavy atom. The van der Waals surface area contributed by atoms with Gasteiger partial charge in [0.15, 0.2) is 11.5 Å². The Kier molecular flexibility index (Phi) is 3.97. The molecule has 24 heavy (non-hydrogen) atoms. The summed E-state index contributed by atoms with van der Waals surface area (Å²) in [6.07, 6.45) is 1.71. The van der Waals surface area contributed by atoms with Crippen LogP contribution in [0.25, 0.3) is 10.9 Å². The maximum atomic E-state index is 12.6. The second-order valence-corrected chi connectivity index (χ2v) is 7.04. The van der Waals surface area contributed by atoms with E-state index in [4.69, 9.17) is 9.47 Å². The van der Waals surface area contributed by atoms with Crippen molar-refractivity contribution in [3.63, 3.8) is 0 Å². The van der Waals surface area contributed by atoms with Crippen molar-refractivity contribution in [2.45, 2.75) is 0 Å². The lowest BCUT2D eigenvalue weighted by atomic mass is 10.1. The fraction of sp³-hybridized carbons (Fsp3) is 0.118. The van der Waals surface area contributed by atoms with Gasteiger partial charge < -0.3 is 19.8 Å². The van der Waals surface area contributed by atoms with Gasteiger partial charge in [0.2, 0.25) is 0 Å². The zero-order chi connectivity index (χ0) is 16.7. The van der Waals surface area contributed by atoms with Crippen molar-refractivity contribution in [3.8, 4) is 11.5 Å². The summed E-state index contributed by atoms with van der Waals surface area (Å²) < 4.78 is 12.8. The van der Waals surface area contributed by atoms with Crippen LogP contribution in [0.4, 0.5) is 5.69 Å². The predicted octanol–water partition coefficient (Wildman–Crippen LogP) is 4.72. The maximum absolute atomic E-state index is 12.6. The van der Waals surface area contributed by atoms with Crippen LogP contribution in [0.5, 0.6) is 11.5 Å². The molecule has 122 valence electrons. The van der Waals surface area contributed by atoms with Gasteiger partial charge in [-0.2, -0.15) is 0 Å². The zero-order valence-corrected chi connectivity index (χ0v) is 15.5. The van der Waals surface area contributed by atoms with E-state index in [-0.39, 0.29) is 5.91 Å². The largest absolute Gasteiger partial charge is 0.486 e. The van der Waals surface area contributed by atoms with Gasteiger partial charge in [0, 0.05) is 37.8 Å². The van der Waals surface area contributed by atoms with Gasteiger partial charge in [0.05, 0.1) is 5.56 Å². The van der Waals surface area contributed by atoms with Gasteiger partial charge in [-0.3, -0.25) is 4.79 Å². The minimum Gasteiger partial charge on any atom is -0.486 e. The van der Waals surface area contributed by atoms with Crippen LogP contribution >= 0.6 is 31.9 Å². The molecule has 4 rings (SSSR count). The number of hydrogen-bond acceptors (Lipinski definition) is 3. The standard InChI is InChI=1S/C17H12Br2N2O3/c18-12-6-10-11(8-20-14(10)7-13(12)19)17(22)21-9-1-2-15-16(5-9)24-4-3-23-15/h1-2,5-8,20H,3-4H2,(H,21,22). The monoisotopic (exact) mass is 450 g/mol. The fourth-order valence-corrected chi connectivity index (χ4v) is 3.31. The summed E-state index contributed by atoms with van der Waals surface area (Å²) >= 11 is 6.93. The molecule has 7 heteroatoms. The normalized spacial score (nSPS) is 13.1. The van der Waals surface area contributed by atoms with Crippen molar-refractivity contribution in [1.82, 2.24) is 4.98 Å². The van der Waals surface area contributed by atoms with Crippen molar-refractivity contribution in [2.75, 3.05) is 18.5 Å². The van der Waals surface area contributed by atoms with Gasteiger partial charge in [-0.1, -0.05) is 0 Å². The highest BCUT2D eigenvalue weighted by molar-refractivity contribution is 9.13. The number of aromatic nitrogens is 1. The molecule has 1 amide bonds. The molecule has 2 aromatic carbocycles. The third kappa shape index (κ3) is 2.78. The van der Waals surface area contributed by atoms with Crippen molar-refractivity contribution in [1.29, 1.82) is 0 Å². The maximum Gasteiger partial charge on any atom is 0.257 e. The van der Waals surface area contributed by atoms with E-state index in [1.165, 1.54) is 0 Å². The molecule has 0 saturated heterocycles. The first-order valence-electron chi connectivity index (χ1n) is 7.29. The molecule has 0 saturated carbocycles. The number of rotatable bonds is 2. The van der Waals surface area contributed by atoms with E-state index in [0.29, 0.717) is 36.0 Å². The number of ether oxygens (including phenoxy) is 2. The lowest BCUT2D eigenvalue weighted by Crippen LogP contribution is -2.16. The van der Waals surface area contributed by atoms with Crippen LogP contribution in [0.1, 0.15) is 10.4 Å². The summed E-state index contributed by atoms with van der Waals surface area (Å²) in [5.74, 6) is 1.15. The summed E-state index contributed by atoms with van der Waals surface area (Å²) in [5, 5.41) is 3.75. The van der Waals surface area contributed by atoms with E-state index >= 15 is 0 Å². The highest BCUT2D eigenvalue weighted by atomic mass is 79.9. The number of H-pyrrole nitrogens is 1. The van der Waals surface area contributed by atoms with Crippen LogP contribution < -0.4 is 14.8 Å². The van der Waals surface area contributed by atoms with Gasteiger partial charge in [0.25, 0.3) is 5.91 Å². The summed E-state index contributed by atoms with van der Waals surface area (Å²) in [6, 6.07) is 9.21. The van der Waals surface area contributed by atoms with Gasteiger partial charge in [0.1, 0.15) is 13.2 Å². The molecule has 1 aliphatic heterocycles. The average Bonchev–Trinajstić information content (AvgIpc) is 2.98. The number of carbonyl (C=O) groups is 1. The van der Waals surface area contributed by atoms with E-state index in [1.807, 2.05) is 12.1 Å². The fourth-order valence-electron chi connectivity index (χ4n) is 2.62. The molecule has 0 radical (unpaired) electrons. The first-order chi connectivity index (χ1) is 11.6. The van der Waals surface area contributed by atoms with E-state index < -0.39 is 0 Å². The minimum atomic E-state index is -0.188. The van der Waals surface area contributed by atoms with Gasteiger partial charge in [-0.05, 0) is 56.1 Å². The van der Waals surface area contributed by atoms with Crippen LogP contribution in [-0.2, 0) is 0 Å². The van der Waals surface area contributed by atoms with E-state index in [1.54, 1.807) is 24.4 Å². The molecule has 5 nitrogen and oxygen atoms in total. The lowest BCUT2D eigenvalue weighted by Gasteiger charge is -2.19. The van der Waals surface area contributed by atoms with Crippen LogP contribution in [-0.4, -0.2) is 24.1 Å². The number of benzene rings is 2. The molecule has 2 heterocycles. The number of nitrogens with one attached hydrogen (secondary N) is 2.